The van der Waals surface area contributed by atoms with Crippen LogP contribution in [0.15, 0.2) is 60.7 Å². The van der Waals surface area contributed by atoms with Crippen LogP contribution in [0.5, 0.6) is 0 Å². The summed E-state index contributed by atoms with van der Waals surface area (Å²) in [6.07, 6.45) is -2.47. The molecule has 0 unspecified atom stereocenters. The number of benzene rings is 2. The smallest absolute Gasteiger partial charge is 0.432 e. The van der Waals surface area contributed by atoms with E-state index < -0.39 is 52.2 Å². The van der Waals surface area contributed by atoms with Crippen LogP contribution in [0.25, 0.3) is 0 Å². The van der Waals surface area contributed by atoms with Gasteiger partial charge in [0.1, 0.15) is 18.0 Å². The fraction of sp³-hybridized carbons (Fsp3) is 0.595. The van der Waals surface area contributed by atoms with Gasteiger partial charge in [-0.3, -0.25) is 4.79 Å². The second-order valence-corrected chi connectivity index (χ2v) is 15.2. The summed E-state index contributed by atoms with van der Waals surface area (Å²) in [6.45, 7) is 8.11. The maximum absolute atomic E-state index is 14.8. The summed E-state index contributed by atoms with van der Waals surface area (Å²) in [5, 5.41) is 0. The molecule has 248 valence electrons. The largest absolute Gasteiger partial charge is 0.459 e. The van der Waals surface area contributed by atoms with E-state index in [9.17, 15) is 27.6 Å². The molecule has 0 aliphatic heterocycles. The van der Waals surface area contributed by atoms with Crippen molar-refractivity contribution in [2.75, 3.05) is 7.11 Å². The lowest BCUT2D eigenvalue weighted by Crippen LogP contribution is -2.67. The van der Waals surface area contributed by atoms with Crippen LogP contribution < -0.4 is 0 Å². The van der Waals surface area contributed by atoms with Gasteiger partial charge in [-0.15, -0.1) is 0 Å². The molecule has 0 amide bonds. The molecule has 4 saturated carbocycles. The molecule has 4 fully saturated rings. The predicted molar refractivity (Wildman–Crippen MR) is 163 cm³/mol. The number of carbonyl (C=O) groups is 3. The van der Waals surface area contributed by atoms with Crippen LogP contribution in [0.1, 0.15) is 88.6 Å². The van der Waals surface area contributed by atoms with Gasteiger partial charge in [0.2, 0.25) is 0 Å². The number of rotatable bonds is 6. The monoisotopic (exact) mass is 640 g/mol. The fourth-order valence-corrected chi connectivity index (χ4v) is 10.4. The highest BCUT2D eigenvalue weighted by Crippen LogP contribution is 2.76. The summed E-state index contributed by atoms with van der Waals surface area (Å²) in [6, 6.07) is 15.5. The number of fused-ring (bicyclic) bond motifs is 2. The average molecular weight is 641 g/mol. The third-order valence-electron chi connectivity index (χ3n) is 12.7. The minimum absolute atomic E-state index is 0.0183. The summed E-state index contributed by atoms with van der Waals surface area (Å²) in [5.74, 6) is -2.09. The molecule has 6 rings (SSSR count). The maximum atomic E-state index is 14.8. The minimum atomic E-state index is -5.10. The molecule has 1 spiro atoms. The van der Waals surface area contributed by atoms with Crippen LogP contribution in [-0.2, 0) is 29.4 Å². The molecule has 8 atom stereocenters. The van der Waals surface area contributed by atoms with E-state index in [4.69, 9.17) is 14.2 Å². The highest BCUT2D eigenvalue weighted by atomic mass is 19.4. The van der Waals surface area contributed by atoms with Gasteiger partial charge in [-0.1, -0.05) is 76.2 Å². The summed E-state index contributed by atoms with van der Waals surface area (Å²) < 4.78 is 61.7. The lowest BCUT2D eigenvalue weighted by Gasteiger charge is -2.68. The molecule has 46 heavy (non-hydrogen) atoms. The van der Waals surface area contributed by atoms with Gasteiger partial charge in [0, 0.05) is 35.8 Å². The number of hydrogen-bond donors (Lipinski definition) is 0. The van der Waals surface area contributed by atoms with Gasteiger partial charge in [0.15, 0.2) is 0 Å². The molecular weight excluding hydrogens is 597 g/mol. The number of alkyl halides is 3. The molecule has 2 aromatic carbocycles. The van der Waals surface area contributed by atoms with Gasteiger partial charge < -0.3 is 14.2 Å². The van der Waals surface area contributed by atoms with Crippen LogP contribution in [-0.4, -0.2) is 43.2 Å². The second kappa shape index (κ2) is 10.9. The molecule has 0 radical (unpaired) electrons. The Morgan fingerprint density at radius 2 is 1.50 bits per heavy atom. The summed E-state index contributed by atoms with van der Waals surface area (Å²) >= 11 is 0. The number of halogens is 3. The Balaban J connectivity index is 1.39. The molecule has 0 N–H and O–H groups in total. The van der Waals surface area contributed by atoms with Gasteiger partial charge in [-0.25, -0.2) is 9.59 Å². The maximum Gasteiger partial charge on any atom is 0.432 e. The number of carbonyl (C=O) groups excluding carboxylic acids is 3. The van der Waals surface area contributed by atoms with Gasteiger partial charge in [-0.05, 0) is 67.4 Å². The first-order valence-electron chi connectivity index (χ1n) is 16.2. The first-order valence-corrected chi connectivity index (χ1v) is 16.2. The SMILES string of the molecule is CO[C@](C(=O)O[C@H]1CC[C@@]2(C)[C@@H]([C@H](OC(=O)c3ccccc3)C[C@H]3CC(=O)[C@]4(C)CC[C@]32C4)C1(C)C)(c1ccccc1)C(F)(F)F. The summed E-state index contributed by atoms with van der Waals surface area (Å²) in [7, 11) is 0.867. The van der Waals surface area contributed by atoms with Crippen LogP contribution in [0, 0.1) is 33.5 Å². The van der Waals surface area contributed by atoms with Crippen LogP contribution in [0.3, 0.4) is 0 Å². The zero-order chi connectivity index (χ0) is 33.3. The highest BCUT2D eigenvalue weighted by molar-refractivity contribution is 5.89. The number of Topliss-reactive ketones (excluding diaryl/α,β-unsaturated/α-hetero) is 1. The average Bonchev–Trinajstić information content (AvgIpc) is 3.33. The van der Waals surface area contributed by atoms with E-state index in [1.165, 1.54) is 24.3 Å². The minimum Gasteiger partial charge on any atom is -0.459 e. The van der Waals surface area contributed by atoms with Gasteiger partial charge in [0.05, 0.1) is 5.56 Å². The molecule has 2 bridgehead atoms. The van der Waals surface area contributed by atoms with Crippen molar-refractivity contribution in [1.29, 1.82) is 0 Å². The molecule has 6 nitrogen and oxygen atoms in total. The lowest BCUT2D eigenvalue weighted by atomic mass is 9.37. The Hall–Kier alpha value is -3.20. The van der Waals surface area contributed by atoms with Gasteiger partial charge in [0.25, 0.3) is 5.60 Å². The van der Waals surface area contributed by atoms with Crippen molar-refractivity contribution in [1.82, 2.24) is 0 Å². The third-order valence-corrected chi connectivity index (χ3v) is 12.7. The standard InChI is InChI=1S/C37H43F3O6/c1-32(2)28(46-31(43)36(44-5,37(38,39)40)24-14-10-7-11-15-24)16-17-34(4)29(32)26(45-30(42)23-12-8-6-9-13-23)20-25-21-27(41)33(3)18-19-35(25,34)22-33/h6-15,25-26,28-29H,16-22H2,1-5H3/t25-,26+,28-,29-,33+,34-,35-,36-/m0/s1. The Labute approximate surface area is 268 Å². The van der Waals surface area contributed by atoms with E-state index in [0.717, 1.165) is 26.4 Å². The summed E-state index contributed by atoms with van der Waals surface area (Å²) in [5.41, 5.74) is -5.21. The molecule has 4 aliphatic carbocycles. The number of ether oxygens (including phenoxy) is 3. The Kier molecular flexibility index (Phi) is 7.77. The van der Waals surface area contributed by atoms with E-state index in [1.54, 1.807) is 30.3 Å². The second-order valence-electron chi connectivity index (χ2n) is 15.2. The zero-order valence-electron chi connectivity index (χ0n) is 27.1. The Bertz CT molecular complexity index is 1510. The van der Waals surface area contributed by atoms with Crippen molar-refractivity contribution >= 4 is 17.7 Å². The normalized spacial score (nSPS) is 36.1. The number of ketones is 1. The molecule has 0 saturated heterocycles. The molecular formula is C37H43F3O6. The predicted octanol–water partition coefficient (Wildman–Crippen LogP) is 7.84. The molecule has 0 aromatic heterocycles. The molecule has 4 aliphatic rings. The summed E-state index contributed by atoms with van der Waals surface area (Å²) in [4.78, 5) is 40.7. The van der Waals surface area contributed by atoms with Crippen molar-refractivity contribution < 1.29 is 41.8 Å². The topological polar surface area (TPSA) is 78.9 Å². The fourth-order valence-electron chi connectivity index (χ4n) is 10.4. The van der Waals surface area contributed by atoms with E-state index in [2.05, 4.69) is 13.8 Å². The Morgan fingerprint density at radius 1 is 0.870 bits per heavy atom. The van der Waals surface area contributed by atoms with E-state index >= 15 is 0 Å². The third kappa shape index (κ3) is 4.58. The van der Waals surface area contributed by atoms with Crippen molar-refractivity contribution in [3.05, 3.63) is 71.8 Å². The highest BCUT2D eigenvalue weighted by Gasteiger charge is 2.73. The molecule has 0 heterocycles. The van der Waals surface area contributed by atoms with E-state index in [-0.39, 0.29) is 28.6 Å². The lowest BCUT2D eigenvalue weighted by molar-refractivity contribution is -0.287. The van der Waals surface area contributed by atoms with E-state index in [1.807, 2.05) is 19.9 Å². The van der Waals surface area contributed by atoms with Crippen molar-refractivity contribution in [3.8, 4) is 0 Å². The number of hydrogen-bond acceptors (Lipinski definition) is 6. The zero-order valence-corrected chi connectivity index (χ0v) is 27.1. The molecule has 9 heteroatoms. The van der Waals surface area contributed by atoms with Gasteiger partial charge >= 0.3 is 18.1 Å². The van der Waals surface area contributed by atoms with Crippen molar-refractivity contribution in [3.63, 3.8) is 0 Å². The van der Waals surface area contributed by atoms with Crippen LogP contribution in [0.4, 0.5) is 13.2 Å². The number of esters is 2. The van der Waals surface area contributed by atoms with Gasteiger partial charge in [-0.2, -0.15) is 13.2 Å². The van der Waals surface area contributed by atoms with Crippen LogP contribution >= 0.6 is 0 Å². The van der Waals surface area contributed by atoms with Crippen LogP contribution in [0.2, 0.25) is 0 Å². The quantitative estimate of drug-likeness (QED) is 0.300. The van der Waals surface area contributed by atoms with Crippen molar-refractivity contribution in [2.45, 2.75) is 96.6 Å². The van der Waals surface area contributed by atoms with E-state index in [0.29, 0.717) is 31.2 Å². The first kappa shape index (κ1) is 32.7. The first-order chi connectivity index (χ1) is 21.6. The van der Waals surface area contributed by atoms with Crippen molar-refractivity contribution in [2.24, 2.45) is 33.5 Å². The molecule has 2 aromatic rings. The Morgan fingerprint density at radius 3 is 2.11 bits per heavy atom. The number of methoxy groups -OCH3 is 1.